The van der Waals surface area contributed by atoms with Gasteiger partial charge in [-0.3, -0.25) is 4.79 Å². The molecule has 1 aliphatic heterocycles. The number of halogens is 1. The lowest BCUT2D eigenvalue weighted by Gasteiger charge is -2.18. The molecule has 26 heavy (non-hydrogen) atoms. The topological polar surface area (TPSA) is 72.9 Å². The quantitative estimate of drug-likeness (QED) is 0.374. The fraction of sp³-hybridized carbons (Fsp3) is 0.611. The Morgan fingerprint density at radius 1 is 1.42 bits per heavy atom. The zero-order valence-electron chi connectivity index (χ0n) is 16.2. The average Bonchev–Trinajstić information content (AvgIpc) is 3.08. The number of amides is 1. The second-order valence-electron chi connectivity index (χ2n) is 6.44. The second-order valence-corrected chi connectivity index (χ2v) is 6.44. The van der Waals surface area contributed by atoms with E-state index in [0.29, 0.717) is 13.0 Å². The van der Waals surface area contributed by atoms with Crippen molar-refractivity contribution in [3.63, 3.8) is 0 Å². The van der Waals surface area contributed by atoms with Crippen LogP contribution in [0.5, 0.6) is 0 Å². The fourth-order valence-electron chi connectivity index (χ4n) is 2.82. The average molecular weight is 474 g/mol. The maximum Gasteiger partial charge on any atom is 0.222 e. The summed E-state index contributed by atoms with van der Waals surface area (Å²) < 4.78 is 0. The molecule has 1 amide bonds. The molecular weight excluding hydrogens is 443 g/mol. The van der Waals surface area contributed by atoms with Crippen molar-refractivity contribution in [3.8, 4) is 0 Å². The van der Waals surface area contributed by atoms with Crippen LogP contribution < -0.4 is 15.5 Å². The van der Waals surface area contributed by atoms with Crippen molar-refractivity contribution in [2.75, 3.05) is 38.6 Å². The standard InChI is InChI=1S/C18H30N6O.HI/c1-5-17(25)24-10-8-15(13-24)22-18(19-6-2)21-12-14-7-9-20-16(11-14)23(3)4;/h7,9,11,15H,5-6,8,10,12-13H2,1-4H3,(H2,19,21,22);1H. The van der Waals surface area contributed by atoms with Gasteiger partial charge in [0.1, 0.15) is 5.82 Å². The molecule has 2 rings (SSSR count). The predicted molar refractivity (Wildman–Crippen MR) is 117 cm³/mol. The molecule has 1 aromatic rings. The van der Waals surface area contributed by atoms with Crippen LogP contribution >= 0.6 is 24.0 Å². The second kappa shape index (κ2) is 11.2. The van der Waals surface area contributed by atoms with Crippen molar-refractivity contribution >= 4 is 41.7 Å². The van der Waals surface area contributed by atoms with E-state index < -0.39 is 0 Å². The Balaban J connectivity index is 0.00000338. The Bertz CT molecular complexity index is 607. The summed E-state index contributed by atoms with van der Waals surface area (Å²) in [6, 6.07) is 4.28. The number of guanidine groups is 1. The van der Waals surface area contributed by atoms with E-state index in [9.17, 15) is 4.79 Å². The number of nitrogens with zero attached hydrogens (tertiary/aromatic N) is 4. The number of aliphatic imine (C=N–C) groups is 1. The van der Waals surface area contributed by atoms with Crippen LogP contribution in [0.25, 0.3) is 0 Å². The summed E-state index contributed by atoms with van der Waals surface area (Å²) in [6.07, 6.45) is 3.33. The number of nitrogens with one attached hydrogen (secondary N) is 2. The summed E-state index contributed by atoms with van der Waals surface area (Å²) in [5.41, 5.74) is 1.12. The summed E-state index contributed by atoms with van der Waals surface area (Å²) in [5.74, 6) is 1.94. The van der Waals surface area contributed by atoms with Crippen LogP contribution in [0.4, 0.5) is 5.82 Å². The molecule has 1 saturated heterocycles. The van der Waals surface area contributed by atoms with E-state index in [4.69, 9.17) is 0 Å². The van der Waals surface area contributed by atoms with Crippen molar-refractivity contribution in [1.82, 2.24) is 20.5 Å². The molecule has 2 heterocycles. The predicted octanol–water partition coefficient (Wildman–Crippen LogP) is 1.83. The maximum atomic E-state index is 11.8. The molecule has 1 fully saturated rings. The molecule has 0 aliphatic carbocycles. The Labute approximate surface area is 173 Å². The zero-order chi connectivity index (χ0) is 18.2. The molecule has 0 spiro atoms. The van der Waals surface area contributed by atoms with Gasteiger partial charge in [-0.1, -0.05) is 6.92 Å². The van der Waals surface area contributed by atoms with Crippen molar-refractivity contribution in [1.29, 1.82) is 0 Å². The minimum absolute atomic E-state index is 0. The van der Waals surface area contributed by atoms with E-state index in [1.807, 2.05) is 49.1 Å². The third kappa shape index (κ3) is 6.62. The minimum Gasteiger partial charge on any atom is -0.363 e. The molecule has 8 heteroatoms. The number of carbonyl (C=O) groups excluding carboxylic acids is 1. The van der Waals surface area contributed by atoms with Gasteiger partial charge in [0.15, 0.2) is 5.96 Å². The molecule has 2 N–H and O–H groups in total. The van der Waals surface area contributed by atoms with Crippen LogP contribution in [0, 0.1) is 0 Å². The van der Waals surface area contributed by atoms with Crippen molar-refractivity contribution in [2.45, 2.75) is 39.3 Å². The SMILES string of the molecule is CCNC(=NCc1ccnc(N(C)C)c1)NC1CCN(C(=O)CC)C1.I. The summed E-state index contributed by atoms with van der Waals surface area (Å²) in [4.78, 5) is 24.7. The first-order valence-electron chi connectivity index (χ1n) is 8.98. The van der Waals surface area contributed by atoms with Gasteiger partial charge in [0, 0.05) is 52.4 Å². The van der Waals surface area contributed by atoms with E-state index >= 15 is 0 Å². The summed E-state index contributed by atoms with van der Waals surface area (Å²) in [6.45, 7) is 6.91. The number of pyridine rings is 1. The Morgan fingerprint density at radius 2 is 2.19 bits per heavy atom. The Hall–Kier alpha value is -1.58. The zero-order valence-corrected chi connectivity index (χ0v) is 18.5. The molecular formula is C18H31IN6O. The molecule has 0 bridgehead atoms. The third-order valence-electron chi connectivity index (χ3n) is 4.22. The molecule has 1 unspecified atom stereocenters. The summed E-state index contributed by atoms with van der Waals surface area (Å²) >= 11 is 0. The van der Waals surface area contributed by atoms with Gasteiger partial charge in [0.05, 0.1) is 6.54 Å². The molecule has 0 radical (unpaired) electrons. The van der Waals surface area contributed by atoms with Crippen LogP contribution in [0.3, 0.4) is 0 Å². The lowest BCUT2D eigenvalue weighted by molar-refractivity contribution is -0.129. The Morgan fingerprint density at radius 3 is 2.85 bits per heavy atom. The number of rotatable bonds is 6. The number of aromatic nitrogens is 1. The van der Waals surface area contributed by atoms with Crippen molar-refractivity contribution in [3.05, 3.63) is 23.9 Å². The highest BCUT2D eigenvalue weighted by Gasteiger charge is 2.25. The van der Waals surface area contributed by atoms with Gasteiger partial charge in [-0.15, -0.1) is 24.0 Å². The van der Waals surface area contributed by atoms with Crippen LogP contribution in [0.1, 0.15) is 32.3 Å². The van der Waals surface area contributed by atoms with Crippen LogP contribution in [-0.2, 0) is 11.3 Å². The highest BCUT2D eigenvalue weighted by atomic mass is 127. The van der Waals surface area contributed by atoms with Gasteiger partial charge < -0.3 is 20.4 Å². The van der Waals surface area contributed by atoms with Gasteiger partial charge in [-0.25, -0.2) is 9.98 Å². The molecule has 7 nitrogen and oxygen atoms in total. The number of likely N-dealkylation sites (tertiary alicyclic amines) is 1. The first kappa shape index (κ1) is 22.5. The maximum absolute atomic E-state index is 11.8. The number of carbonyl (C=O) groups is 1. The lowest BCUT2D eigenvalue weighted by Crippen LogP contribution is -2.45. The van der Waals surface area contributed by atoms with Gasteiger partial charge >= 0.3 is 0 Å². The van der Waals surface area contributed by atoms with Gasteiger partial charge in [0.25, 0.3) is 0 Å². The molecule has 146 valence electrons. The first-order valence-corrected chi connectivity index (χ1v) is 8.98. The van der Waals surface area contributed by atoms with Crippen LogP contribution in [0.15, 0.2) is 23.3 Å². The molecule has 1 aromatic heterocycles. The Kier molecular flexibility index (Phi) is 9.68. The summed E-state index contributed by atoms with van der Waals surface area (Å²) in [5, 5.41) is 6.74. The molecule has 1 aliphatic rings. The number of hydrogen-bond donors (Lipinski definition) is 2. The number of hydrogen-bond acceptors (Lipinski definition) is 4. The van der Waals surface area contributed by atoms with Gasteiger partial charge in [-0.05, 0) is 31.0 Å². The third-order valence-corrected chi connectivity index (χ3v) is 4.22. The molecule has 0 saturated carbocycles. The largest absolute Gasteiger partial charge is 0.363 e. The minimum atomic E-state index is 0. The fourth-order valence-corrected chi connectivity index (χ4v) is 2.82. The van der Waals surface area contributed by atoms with E-state index in [1.54, 1.807) is 0 Å². The van der Waals surface area contributed by atoms with Crippen molar-refractivity contribution in [2.24, 2.45) is 4.99 Å². The normalized spacial score (nSPS) is 16.8. The molecule has 0 aromatic carbocycles. The van der Waals surface area contributed by atoms with Crippen molar-refractivity contribution < 1.29 is 4.79 Å². The monoisotopic (exact) mass is 474 g/mol. The lowest BCUT2D eigenvalue weighted by atomic mass is 10.2. The van der Waals surface area contributed by atoms with E-state index in [-0.39, 0.29) is 35.9 Å². The highest BCUT2D eigenvalue weighted by Crippen LogP contribution is 2.12. The summed E-state index contributed by atoms with van der Waals surface area (Å²) in [7, 11) is 3.95. The first-order chi connectivity index (χ1) is 12.0. The van der Waals surface area contributed by atoms with E-state index in [1.165, 1.54) is 0 Å². The van der Waals surface area contributed by atoms with E-state index in [0.717, 1.165) is 43.4 Å². The van der Waals surface area contributed by atoms with Gasteiger partial charge in [0.2, 0.25) is 5.91 Å². The highest BCUT2D eigenvalue weighted by molar-refractivity contribution is 14.0. The number of anilines is 1. The smallest absolute Gasteiger partial charge is 0.222 e. The van der Waals surface area contributed by atoms with Crippen LogP contribution in [-0.4, -0.2) is 61.5 Å². The van der Waals surface area contributed by atoms with Crippen LogP contribution in [0.2, 0.25) is 0 Å². The molecule has 1 atom stereocenters. The van der Waals surface area contributed by atoms with Gasteiger partial charge in [-0.2, -0.15) is 0 Å². The van der Waals surface area contributed by atoms with E-state index in [2.05, 4.69) is 27.5 Å².